The van der Waals surface area contributed by atoms with E-state index in [-0.39, 0.29) is 24.2 Å². The zero-order valence-corrected chi connectivity index (χ0v) is 11.2. The van der Waals surface area contributed by atoms with Crippen molar-refractivity contribution in [3.8, 4) is 5.69 Å². The van der Waals surface area contributed by atoms with Gasteiger partial charge >= 0.3 is 0 Å². The van der Waals surface area contributed by atoms with Crippen LogP contribution >= 0.6 is 11.6 Å². The number of fused-ring (bicyclic) bond motifs is 3. The van der Waals surface area contributed by atoms with E-state index < -0.39 is 0 Å². The van der Waals surface area contributed by atoms with Gasteiger partial charge in [-0.05, 0) is 30.3 Å². The van der Waals surface area contributed by atoms with Crippen LogP contribution in [0.3, 0.4) is 0 Å². The molecule has 0 saturated heterocycles. The van der Waals surface area contributed by atoms with Crippen LogP contribution in [0.1, 0.15) is 5.48 Å². The fourth-order valence-electron chi connectivity index (χ4n) is 2.57. The maximum absolute atomic E-state index is 8.36. The maximum Gasteiger partial charge on any atom is 0.0645 e. The first kappa shape index (κ1) is 8.13. The Morgan fingerprint density at radius 3 is 2.50 bits per heavy atom. The van der Waals surface area contributed by atoms with Crippen LogP contribution < -0.4 is 0 Å². The number of aromatic nitrogens is 1. The van der Waals surface area contributed by atoms with E-state index in [0.29, 0.717) is 21.3 Å². The summed E-state index contributed by atoms with van der Waals surface area (Å²) < 4.78 is 34.5. The summed E-state index contributed by atoms with van der Waals surface area (Å²) in [5, 5.41) is 1.56. The molecule has 4 aromatic rings. The summed E-state index contributed by atoms with van der Waals surface area (Å²) in [4.78, 5) is 0. The first-order valence-corrected chi connectivity index (χ1v) is 6.64. The monoisotopic (exact) mass is 281 g/mol. The van der Waals surface area contributed by atoms with Crippen LogP contribution in [-0.2, 0) is 0 Å². The van der Waals surface area contributed by atoms with Crippen molar-refractivity contribution < 1.29 is 5.48 Å². The Hall–Kier alpha value is -2.25. The largest absolute Gasteiger partial charge is 0.309 e. The van der Waals surface area contributed by atoms with Crippen molar-refractivity contribution in [2.24, 2.45) is 0 Å². The molecule has 20 heavy (non-hydrogen) atoms. The molecule has 1 nitrogen and oxygen atoms in total. The van der Waals surface area contributed by atoms with Crippen molar-refractivity contribution in [2.45, 2.75) is 0 Å². The predicted molar refractivity (Wildman–Crippen MR) is 85.8 cm³/mol. The highest BCUT2D eigenvalue weighted by Gasteiger charge is 2.13. The minimum absolute atomic E-state index is 0.0675. The molecular formula is C18H12ClN. The molecule has 0 aliphatic heterocycles. The predicted octanol–water partition coefficient (Wildman–Crippen LogP) is 5.44. The average molecular weight is 282 g/mol. The molecule has 0 bridgehead atoms. The molecule has 0 aliphatic carbocycles. The fourth-order valence-corrected chi connectivity index (χ4v) is 2.83. The lowest BCUT2D eigenvalue weighted by atomic mass is 10.1. The summed E-state index contributed by atoms with van der Waals surface area (Å²) in [5.41, 5.74) is 2.02. The molecule has 0 spiro atoms. The molecule has 1 heterocycles. The highest BCUT2D eigenvalue weighted by Crippen LogP contribution is 2.35. The van der Waals surface area contributed by atoms with E-state index in [1.807, 2.05) is 47.0 Å². The molecule has 1 aromatic heterocycles. The van der Waals surface area contributed by atoms with Gasteiger partial charge in [-0.15, -0.1) is 0 Å². The van der Waals surface area contributed by atoms with Gasteiger partial charge in [0.15, 0.2) is 0 Å². The lowest BCUT2D eigenvalue weighted by molar-refractivity contribution is 1.18. The molecule has 3 aromatic carbocycles. The van der Waals surface area contributed by atoms with E-state index in [1.165, 1.54) is 0 Å². The van der Waals surface area contributed by atoms with Crippen LogP contribution in [0.4, 0.5) is 0 Å². The summed E-state index contributed by atoms with van der Waals surface area (Å²) in [6.45, 7) is 0. The third-order valence-corrected chi connectivity index (χ3v) is 3.70. The standard InChI is InChI=1S/C18H12ClN/c19-15-10-6-12-17-18(15)14-9-4-5-11-16(14)20(17)13-7-2-1-3-8-13/h1-12H/i4D,5D,9D,11D. The Morgan fingerprint density at radius 1 is 0.850 bits per heavy atom. The molecule has 0 unspecified atom stereocenters. The molecular weight excluding hydrogens is 266 g/mol. The van der Waals surface area contributed by atoms with Gasteiger partial charge in [0.05, 0.1) is 21.5 Å². The van der Waals surface area contributed by atoms with Gasteiger partial charge in [-0.1, -0.05) is 54.0 Å². The van der Waals surface area contributed by atoms with Crippen LogP contribution in [-0.4, -0.2) is 4.57 Å². The zero-order chi connectivity index (χ0) is 17.0. The SMILES string of the molecule is [2H]c1c([2H])c([2H])c2c(c1[2H])c1c(Cl)cccc1n2-c1ccccc1. The number of hydrogen-bond donors (Lipinski definition) is 0. The Balaban J connectivity index is 2.37. The van der Waals surface area contributed by atoms with E-state index in [0.717, 1.165) is 11.2 Å². The highest BCUT2D eigenvalue weighted by atomic mass is 35.5. The minimum Gasteiger partial charge on any atom is -0.309 e. The fraction of sp³-hybridized carbons (Fsp3) is 0. The minimum atomic E-state index is -0.250. The van der Waals surface area contributed by atoms with Crippen molar-refractivity contribution in [1.82, 2.24) is 4.57 Å². The molecule has 0 amide bonds. The topological polar surface area (TPSA) is 4.93 Å². The number of hydrogen-bond acceptors (Lipinski definition) is 0. The molecule has 0 saturated carbocycles. The normalized spacial score (nSPS) is 14.1. The lowest BCUT2D eigenvalue weighted by Crippen LogP contribution is -1.92. The molecule has 2 heteroatoms. The Bertz CT molecular complexity index is 1100. The summed E-state index contributed by atoms with van der Waals surface area (Å²) in [5.74, 6) is 0. The molecule has 4 rings (SSSR count). The van der Waals surface area contributed by atoms with Crippen molar-refractivity contribution >= 4 is 33.4 Å². The van der Waals surface area contributed by atoms with Gasteiger partial charge in [0.1, 0.15) is 0 Å². The van der Waals surface area contributed by atoms with Gasteiger partial charge in [-0.2, -0.15) is 0 Å². The van der Waals surface area contributed by atoms with Gasteiger partial charge in [-0.3, -0.25) is 0 Å². The Morgan fingerprint density at radius 2 is 1.65 bits per heavy atom. The van der Waals surface area contributed by atoms with E-state index >= 15 is 0 Å². The highest BCUT2D eigenvalue weighted by molar-refractivity contribution is 6.38. The zero-order valence-electron chi connectivity index (χ0n) is 14.4. The second kappa shape index (κ2) is 4.39. The summed E-state index contributed by atoms with van der Waals surface area (Å²) in [6, 6.07) is 14.3. The van der Waals surface area contributed by atoms with E-state index in [2.05, 4.69) is 0 Å². The second-order valence-corrected chi connectivity index (χ2v) is 4.94. The van der Waals surface area contributed by atoms with E-state index in [4.69, 9.17) is 17.1 Å². The van der Waals surface area contributed by atoms with Gasteiger partial charge in [0.2, 0.25) is 0 Å². The van der Waals surface area contributed by atoms with Crippen molar-refractivity contribution in [1.29, 1.82) is 0 Å². The second-order valence-electron chi connectivity index (χ2n) is 4.53. The van der Waals surface area contributed by atoms with Crippen LogP contribution in [0.25, 0.3) is 27.5 Å². The average Bonchev–Trinajstić information content (AvgIpc) is 2.95. The first-order chi connectivity index (χ1) is 11.5. The Labute approximate surface area is 127 Å². The third-order valence-electron chi connectivity index (χ3n) is 3.39. The number of nitrogens with zero attached hydrogens (tertiary/aromatic N) is 1. The number of rotatable bonds is 1. The van der Waals surface area contributed by atoms with Gasteiger partial charge in [0.25, 0.3) is 0 Å². The number of benzene rings is 3. The van der Waals surface area contributed by atoms with Crippen molar-refractivity contribution in [2.75, 3.05) is 0 Å². The summed E-state index contributed by atoms with van der Waals surface area (Å²) in [6.07, 6.45) is 0. The quantitative estimate of drug-likeness (QED) is 0.438. The van der Waals surface area contributed by atoms with E-state index in [9.17, 15) is 0 Å². The van der Waals surface area contributed by atoms with Crippen LogP contribution in [0.2, 0.25) is 5.02 Å². The van der Waals surface area contributed by atoms with E-state index in [1.54, 1.807) is 6.07 Å². The molecule has 96 valence electrons. The third kappa shape index (κ3) is 1.57. The van der Waals surface area contributed by atoms with Crippen molar-refractivity contribution in [3.63, 3.8) is 0 Å². The van der Waals surface area contributed by atoms with Gasteiger partial charge in [0, 0.05) is 16.5 Å². The molecule has 0 aliphatic rings. The number of halogens is 1. The molecule has 0 atom stereocenters. The van der Waals surface area contributed by atoms with Gasteiger partial charge < -0.3 is 4.57 Å². The molecule has 0 N–H and O–H groups in total. The van der Waals surface area contributed by atoms with Crippen LogP contribution in [0.15, 0.2) is 72.7 Å². The summed E-state index contributed by atoms with van der Waals surface area (Å²) in [7, 11) is 0. The smallest absolute Gasteiger partial charge is 0.0645 e. The molecule has 0 radical (unpaired) electrons. The van der Waals surface area contributed by atoms with Crippen LogP contribution in [0.5, 0.6) is 0 Å². The lowest BCUT2D eigenvalue weighted by Gasteiger charge is -2.07. The first-order valence-electron chi connectivity index (χ1n) is 8.26. The maximum atomic E-state index is 8.36. The van der Waals surface area contributed by atoms with Crippen LogP contribution in [0, 0.1) is 0 Å². The Kier molecular flexibility index (Phi) is 1.79. The number of para-hydroxylation sites is 2. The van der Waals surface area contributed by atoms with Crippen molar-refractivity contribution in [3.05, 3.63) is 77.7 Å². The summed E-state index contributed by atoms with van der Waals surface area (Å²) >= 11 is 6.39. The molecule has 0 fully saturated rings. The van der Waals surface area contributed by atoms with Gasteiger partial charge in [-0.25, -0.2) is 0 Å².